The predicted octanol–water partition coefficient (Wildman–Crippen LogP) is 4.21. The van der Waals surface area contributed by atoms with Gasteiger partial charge < -0.3 is 5.11 Å². The maximum absolute atomic E-state index is 12.9. The standard InChI is InChI=1S/C13H9Cl2FO/c14-11-4-2-1-3-9(11)13(17)10-6-5-8(16)7-12(10)15/h1-7,13,17H. The minimum absolute atomic E-state index is 0.178. The molecular weight excluding hydrogens is 262 g/mol. The first-order valence-corrected chi connectivity index (χ1v) is 5.72. The van der Waals surface area contributed by atoms with Crippen LogP contribution < -0.4 is 0 Å². The van der Waals surface area contributed by atoms with Gasteiger partial charge in [0.25, 0.3) is 0 Å². The zero-order valence-corrected chi connectivity index (χ0v) is 10.2. The Kier molecular flexibility index (Phi) is 3.67. The highest BCUT2D eigenvalue weighted by Crippen LogP contribution is 2.32. The third-order valence-electron chi connectivity index (χ3n) is 2.46. The summed E-state index contributed by atoms with van der Waals surface area (Å²) in [5, 5.41) is 10.8. The Hall–Kier alpha value is -1.09. The van der Waals surface area contributed by atoms with Gasteiger partial charge in [-0.05, 0) is 18.2 Å². The summed E-state index contributed by atoms with van der Waals surface area (Å²) in [5.74, 6) is -0.440. The summed E-state index contributed by atoms with van der Waals surface area (Å²) in [6, 6.07) is 10.8. The normalized spacial score (nSPS) is 12.5. The van der Waals surface area contributed by atoms with Gasteiger partial charge in [0, 0.05) is 21.2 Å². The number of halogens is 3. The fraction of sp³-hybridized carbons (Fsp3) is 0.0769. The molecule has 0 radical (unpaired) electrons. The van der Waals surface area contributed by atoms with Crippen LogP contribution in [0.1, 0.15) is 17.2 Å². The molecule has 0 bridgehead atoms. The van der Waals surface area contributed by atoms with Crippen LogP contribution in [0.2, 0.25) is 10.0 Å². The summed E-state index contributed by atoms with van der Waals surface area (Å²) in [6.45, 7) is 0. The summed E-state index contributed by atoms with van der Waals surface area (Å²) in [6.07, 6.45) is -0.961. The topological polar surface area (TPSA) is 20.2 Å². The van der Waals surface area contributed by atoms with E-state index >= 15 is 0 Å². The quantitative estimate of drug-likeness (QED) is 0.867. The summed E-state index contributed by atoms with van der Waals surface area (Å²) >= 11 is 11.9. The Morgan fingerprint density at radius 2 is 1.59 bits per heavy atom. The number of aliphatic hydroxyl groups is 1. The maximum atomic E-state index is 12.9. The first-order valence-electron chi connectivity index (χ1n) is 4.97. The third kappa shape index (κ3) is 2.60. The smallest absolute Gasteiger partial charge is 0.124 e. The molecule has 0 aliphatic rings. The molecule has 0 amide bonds. The van der Waals surface area contributed by atoms with E-state index in [1.54, 1.807) is 24.3 Å². The summed E-state index contributed by atoms with van der Waals surface area (Å²) in [7, 11) is 0. The van der Waals surface area contributed by atoms with Crippen molar-refractivity contribution < 1.29 is 9.50 Å². The number of rotatable bonds is 2. The molecule has 0 aliphatic carbocycles. The number of aliphatic hydroxyl groups excluding tert-OH is 1. The van der Waals surface area contributed by atoms with Crippen LogP contribution in [-0.2, 0) is 0 Å². The largest absolute Gasteiger partial charge is 0.384 e. The van der Waals surface area contributed by atoms with E-state index in [4.69, 9.17) is 23.2 Å². The summed E-state index contributed by atoms with van der Waals surface area (Å²) < 4.78 is 12.9. The monoisotopic (exact) mass is 270 g/mol. The van der Waals surface area contributed by atoms with Crippen molar-refractivity contribution in [2.45, 2.75) is 6.10 Å². The lowest BCUT2D eigenvalue weighted by Gasteiger charge is -2.14. The Bertz CT molecular complexity index is 543. The number of hydrogen-bond donors (Lipinski definition) is 1. The molecule has 1 atom stereocenters. The van der Waals surface area contributed by atoms with E-state index in [1.165, 1.54) is 12.1 Å². The first-order chi connectivity index (χ1) is 8.09. The molecular formula is C13H9Cl2FO. The molecule has 88 valence electrons. The van der Waals surface area contributed by atoms with Crippen molar-refractivity contribution in [1.29, 1.82) is 0 Å². The molecule has 0 aliphatic heterocycles. The van der Waals surface area contributed by atoms with Gasteiger partial charge in [0.15, 0.2) is 0 Å². The van der Waals surface area contributed by atoms with Crippen molar-refractivity contribution in [2.75, 3.05) is 0 Å². The van der Waals surface area contributed by atoms with Crippen molar-refractivity contribution >= 4 is 23.2 Å². The van der Waals surface area contributed by atoms with Crippen molar-refractivity contribution in [3.05, 3.63) is 69.5 Å². The van der Waals surface area contributed by atoms with Crippen LogP contribution in [0.3, 0.4) is 0 Å². The molecule has 0 fully saturated rings. The average Bonchev–Trinajstić information content (AvgIpc) is 2.29. The van der Waals surface area contributed by atoms with Gasteiger partial charge in [-0.25, -0.2) is 4.39 Å². The zero-order valence-electron chi connectivity index (χ0n) is 8.70. The van der Waals surface area contributed by atoms with Crippen molar-refractivity contribution in [2.24, 2.45) is 0 Å². The second-order valence-corrected chi connectivity index (χ2v) is 4.40. The van der Waals surface area contributed by atoms with E-state index in [-0.39, 0.29) is 5.02 Å². The predicted molar refractivity (Wildman–Crippen MR) is 66.9 cm³/mol. The highest BCUT2D eigenvalue weighted by atomic mass is 35.5. The lowest BCUT2D eigenvalue weighted by molar-refractivity contribution is 0.220. The van der Waals surface area contributed by atoms with E-state index in [1.807, 2.05) is 0 Å². The van der Waals surface area contributed by atoms with E-state index in [9.17, 15) is 9.50 Å². The number of hydrogen-bond acceptors (Lipinski definition) is 1. The van der Waals surface area contributed by atoms with Gasteiger partial charge in [-0.3, -0.25) is 0 Å². The van der Waals surface area contributed by atoms with Crippen LogP contribution in [0.25, 0.3) is 0 Å². The van der Waals surface area contributed by atoms with Gasteiger partial charge in [0.2, 0.25) is 0 Å². The molecule has 4 heteroatoms. The molecule has 2 aromatic carbocycles. The number of benzene rings is 2. The molecule has 0 heterocycles. The van der Waals surface area contributed by atoms with Gasteiger partial charge in [-0.15, -0.1) is 0 Å². The third-order valence-corrected chi connectivity index (χ3v) is 3.13. The fourth-order valence-electron chi connectivity index (χ4n) is 1.59. The first kappa shape index (κ1) is 12.4. The Morgan fingerprint density at radius 3 is 2.24 bits per heavy atom. The maximum Gasteiger partial charge on any atom is 0.124 e. The molecule has 0 saturated heterocycles. The average molecular weight is 271 g/mol. The van der Waals surface area contributed by atoms with Gasteiger partial charge in [0.05, 0.1) is 0 Å². The van der Waals surface area contributed by atoms with Gasteiger partial charge in [-0.2, -0.15) is 0 Å². The SMILES string of the molecule is OC(c1ccccc1Cl)c1ccc(F)cc1Cl. The molecule has 0 spiro atoms. The summed E-state index contributed by atoms with van der Waals surface area (Å²) in [4.78, 5) is 0. The van der Waals surface area contributed by atoms with E-state index in [0.29, 0.717) is 16.1 Å². The second kappa shape index (κ2) is 5.05. The molecule has 2 aromatic rings. The Morgan fingerprint density at radius 1 is 0.941 bits per heavy atom. The Balaban J connectivity index is 2.44. The summed E-state index contributed by atoms with van der Waals surface area (Å²) in [5.41, 5.74) is 0.976. The van der Waals surface area contributed by atoms with Crippen LogP contribution in [0.4, 0.5) is 4.39 Å². The fourth-order valence-corrected chi connectivity index (χ4v) is 2.10. The van der Waals surface area contributed by atoms with Crippen LogP contribution in [0, 0.1) is 5.82 Å². The molecule has 1 unspecified atom stereocenters. The molecule has 1 nitrogen and oxygen atoms in total. The van der Waals surface area contributed by atoms with Crippen LogP contribution >= 0.6 is 23.2 Å². The minimum Gasteiger partial charge on any atom is -0.384 e. The molecule has 1 N–H and O–H groups in total. The molecule has 17 heavy (non-hydrogen) atoms. The van der Waals surface area contributed by atoms with E-state index in [2.05, 4.69) is 0 Å². The van der Waals surface area contributed by atoms with Gasteiger partial charge >= 0.3 is 0 Å². The lowest BCUT2D eigenvalue weighted by atomic mass is 10.0. The lowest BCUT2D eigenvalue weighted by Crippen LogP contribution is -2.01. The van der Waals surface area contributed by atoms with Crippen LogP contribution in [0.5, 0.6) is 0 Å². The van der Waals surface area contributed by atoms with Crippen LogP contribution in [0.15, 0.2) is 42.5 Å². The van der Waals surface area contributed by atoms with E-state index in [0.717, 1.165) is 6.07 Å². The molecule has 0 aromatic heterocycles. The van der Waals surface area contributed by atoms with Crippen LogP contribution in [-0.4, -0.2) is 5.11 Å². The second-order valence-electron chi connectivity index (χ2n) is 3.59. The Labute approximate surface area is 108 Å². The van der Waals surface area contributed by atoms with Crippen molar-refractivity contribution in [3.63, 3.8) is 0 Å². The molecule has 2 rings (SSSR count). The minimum atomic E-state index is -0.961. The van der Waals surface area contributed by atoms with E-state index < -0.39 is 11.9 Å². The van der Waals surface area contributed by atoms with Crippen molar-refractivity contribution in [3.8, 4) is 0 Å². The highest BCUT2D eigenvalue weighted by molar-refractivity contribution is 6.32. The molecule has 0 saturated carbocycles. The van der Waals surface area contributed by atoms with Gasteiger partial charge in [0.1, 0.15) is 11.9 Å². The highest BCUT2D eigenvalue weighted by Gasteiger charge is 2.16. The van der Waals surface area contributed by atoms with Crippen molar-refractivity contribution in [1.82, 2.24) is 0 Å². The zero-order chi connectivity index (χ0) is 12.4. The van der Waals surface area contributed by atoms with Gasteiger partial charge in [-0.1, -0.05) is 47.5 Å².